The molecule has 2 N–H and O–H groups in total. The zero-order valence-electron chi connectivity index (χ0n) is 18.5. The Hall–Kier alpha value is -1.30. The van der Waals surface area contributed by atoms with Crippen molar-refractivity contribution < 1.29 is 9.59 Å². The Kier molecular flexibility index (Phi) is 9.09. The summed E-state index contributed by atoms with van der Waals surface area (Å²) in [5.41, 5.74) is 0. The van der Waals surface area contributed by atoms with E-state index in [1.54, 1.807) is 0 Å². The number of likely N-dealkylation sites (tertiary alicyclic amines) is 2. The normalized spacial score (nSPS) is 25.0. The summed E-state index contributed by atoms with van der Waals surface area (Å²) in [6, 6.07) is 0.472. The van der Waals surface area contributed by atoms with Crippen LogP contribution in [0.15, 0.2) is 0 Å². The highest BCUT2D eigenvalue weighted by atomic mass is 16.2. The molecule has 0 aromatic rings. The highest BCUT2D eigenvalue weighted by Gasteiger charge is 2.26. The first-order valence-electron chi connectivity index (χ1n) is 12.1. The maximum atomic E-state index is 12.5. The van der Waals surface area contributed by atoms with Gasteiger partial charge in [0.05, 0.1) is 0 Å². The third-order valence-corrected chi connectivity index (χ3v) is 7.02. The molecule has 2 aliphatic heterocycles. The Labute approximate surface area is 177 Å². The zero-order valence-corrected chi connectivity index (χ0v) is 18.5. The van der Waals surface area contributed by atoms with Gasteiger partial charge in [0.25, 0.3) is 0 Å². The maximum absolute atomic E-state index is 12.5. The highest BCUT2D eigenvalue weighted by Crippen LogP contribution is 2.22. The minimum absolute atomic E-state index is 0.104. The third kappa shape index (κ3) is 7.80. The van der Waals surface area contributed by atoms with Gasteiger partial charge in [0.2, 0.25) is 5.91 Å². The van der Waals surface area contributed by atoms with Crippen LogP contribution in [0.2, 0.25) is 0 Å². The van der Waals surface area contributed by atoms with Crippen LogP contribution in [-0.2, 0) is 4.79 Å². The maximum Gasteiger partial charge on any atom is 0.317 e. The molecular formula is C23H42N4O2. The quantitative estimate of drug-likeness (QED) is 0.637. The molecule has 1 aliphatic carbocycles. The number of carbonyl (C=O) groups is 2. The number of hydrogen-bond acceptors (Lipinski definition) is 3. The minimum atomic E-state index is 0.104. The lowest BCUT2D eigenvalue weighted by molar-refractivity contribution is -0.122. The summed E-state index contributed by atoms with van der Waals surface area (Å²) in [7, 11) is 0. The lowest BCUT2D eigenvalue weighted by Crippen LogP contribution is -2.48. The first kappa shape index (κ1) is 22.4. The summed E-state index contributed by atoms with van der Waals surface area (Å²) >= 11 is 0. The fraction of sp³-hybridized carbons (Fsp3) is 0.913. The molecule has 2 saturated heterocycles. The number of nitrogens with zero attached hydrogens (tertiary/aromatic N) is 2. The lowest BCUT2D eigenvalue weighted by atomic mass is 9.93. The molecule has 0 aromatic heterocycles. The monoisotopic (exact) mass is 406 g/mol. The molecule has 3 amide bonds. The molecule has 1 unspecified atom stereocenters. The van der Waals surface area contributed by atoms with Crippen molar-refractivity contribution in [1.82, 2.24) is 20.4 Å². The van der Waals surface area contributed by atoms with Crippen molar-refractivity contribution >= 4 is 11.9 Å². The number of amides is 3. The SMILES string of the molecule is CC1CCCN(CCCNC(=O)CC2CCN(C(=O)NC3CCCCC3)CC2)C1. The van der Waals surface area contributed by atoms with Gasteiger partial charge in [0.1, 0.15) is 0 Å². The van der Waals surface area contributed by atoms with Gasteiger partial charge in [-0.3, -0.25) is 4.79 Å². The zero-order chi connectivity index (χ0) is 20.5. The molecule has 6 heteroatoms. The van der Waals surface area contributed by atoms with Gasteiger partial charge in [-0.2, -0.15) is 0 Å². The predicted octanol–water partition coefficient (Wildman–Crippen LogP) is 3.37. The van der Waals surface area contributed by atoms with E-state index < -0.39 is 0 Å². The summed E-state index contributed by atoms with van der Waals surface area (Å²) in [6.45, 7) is 8.20. The summed E-state index contributed by atoms with van der Waals surface area (Å²) in [5.74, 6) is 1.41. The van der Waals surface area contributed by atoms with E-state index in [9.17, 15) is 9.59 Å². The standard InChI is InChI=1S/C23H42N4O2/c1-19-7-5-13-26(18-19)14-6-12-24-22(28)17-20-10-15-27(16-11-20)23(29)25-21-8-3-2-4-9-21/h19-21H,2-18H2,1H3,(H,24,28)(H,25,29). The molecule has 0 bridgehead atoms. The smallest absolute Gasteiger partial charge is 0.317 e. The molecule has 1 saturated carbocycles. The average molecular weight is 407 g/mol. The molecule has 3 aliphatic rings. The van der Waals surface area contributed by atoms with E-state index in [1.807, 2.05) is 4.90 Å². The number of hydrogen-bond donors (Lipinski definition) is 2. The first-order valence-corrected chi connectivity index (χ1v) is 12.1. The van der Waals surface area contributed by atoms with Crippen molar-refractivity contribution in [3.8, 4) is 0 Å². The van der Waals surface area contributed by atoms with Gasteiger partial charge in [0.15, 0.2) is 0 Å². The van der Waals surface area contributed by atoms with E-state index in [-0.39, 0.29) is 11.9 Å². The highest BCUT2D eigenvalue weighted by molar-refractivity contribution is 5.76. The molecule has 3 rings (SSSR count). The van der Waals surface area contributed by atoms with Gasteiger partial charge >= 0.3 is 6.03 Å². The number of piperidine rings is 2. The summed E-state index contributed by atoms with van der Waals surface area (Å²) < 4.78 is 0. The van der Waals surface area contributed by atoms with E-state index in [0.29, 0.717) is 18.4 Å². The second kappa shape index (κ2) is 11.8. The van der Waals surface area contributed by atoms with E-state index in [1.165, 1.54) is 45.2 Å². The number of urea groups is 1. The van der Waals surface area contributed by atoms with E-state index in [0.717, 1.165) is 64.2 Å². The largest absolute Gasteiger partial charge is 0.356 e. The van der Waals surface area contributed by atoms with Crippen LogP contribution in [0, 0.1) is 11.8 Å². The molecule has 3 fully saturated rings. The molecule has 166 valence electrons. The fourth-order valence-electron chi connectivity index (χ4n) is 5.21. The van der Waals surface area contributed by atoms with Gasteiger partial charge in [0, 0.05) is 38.6 Å². The Morgan fingerprint density at radius 1 is 0.931 bits per heavy atom. The molecule has 0 spiro atoms. The first-order chi connectivity index (χ1) is 14.1. The van der Waals surface area contributed by atoms with Crippen molar-refractivity contribution in [3.05, 3.63) is 0 Å². The second-order valence-electron chi connectivity index (χ2n) is 9.67. The molecular weight excluding hydrogens is 364 g/mol. The molecule has 0 aromatic carbocycles. The Morgan fingerprint density at radius 2 is 1.69 bits per heavy atom. The van der Waals surface area contributed by atoms with Crippen LogP contribution in [0.4, 0.5) is 4.79 Å². The van der Waals surface area contributed by atoms with Crippen molar-refractivity contribution in [2.45, 2.75) is 83.6 Å². The average Bonchev–Trinajstić information content (AvgIpc) is 2.72. The van der Waals surface area contributed by atoms with Gasteiger partial charge < -0.3 is 20.4 Å². The van der Waals surface area contributed by atoms with Crippen LogP contribution in [0.1, 0.15) is 77.6 Å². The van der Waals surface area contributed by atoms with Crippen LogP contribution in [0.3, 0.4) is 0 Å². The molecule has 1 atom stereocenters. The molecule has 6 nitrogen and oxygen atoms in total. The minimum Gasteiger partial charge on any atom is -0.356 e. The lowest BCUT2D eigenvalue weighted by Gasteiger charge is -2.33. The molecule has 29 heavy (non-hydrogen) atoms. The molecule has 0 radical (unpaired) electrons. The fourth-order valence-corrected chi connectivity index (χ4v) is 5.21. The van der Waals surface area contributed by atoms with E-state index in [4.69, 9.17) is 0 Å². The Balaban J connectivity index is 1.24. The van der Waals surface area contributed by atoms with Gasteiger partial charge in [-0.25, -0.2) is 4.79 Å². The van der Waals surface area contributed by atoms with Gasteiger partial charge in [-0.1, -0.05) is 26.2 Å². The number of carbonyl (C=O) groups excluding carboxylic acids is 2. The Bertz CT molecular complexity index is 513. The van der Waals surface area contributed by atoms with Crippen LogP contribution in [0.25, 0.3) is 0 Å². The molecule has 2 heterocycles. The van der Waals surface area contributed by atoms with Crippen molar-refractivity contribution in [3.63, 3.8) is 0 Å². The van der Waals surface area contributed by atoms with Crippen molar-refractivity contribution in [1.29, 1.82) is 0 Å². The Morgan fingerprint density at radius 3 is 2.41 bits per heavy atom. The summed E-state index contributed by atoms with van der Waals surface area (Å²) in [5, 5.41) is 6.32. The van der Waals surface area contributed by atoms with Crippen LogP contribution >= 0.6 is 0 Å². The van der Waals surface area contributed by atoms with Gasteiger partial charge in [-0.05, 0) is 69.9 Å². The summed E-state index contributed by atoms with van der Waals surface area (Å²) in [6.07, 6.45) is 12.2. The van der Waals surface area contributed by atoms with E-state index in [2.05, 4.69) is 22.5 Å². The number of nitrogens with one attached hydrogen (secondary N) is 2. The topological polar surface area (TPSA) is 64.7 Å². The van der Waals surface area contributed by atoms with Crippen molar-refractivity contribution in [2.75, 3.05) is 39.3 Å². The summed E-state index contributed by atoms with van der Waals surface area (Å²) in [4.78, 5) is 29.2. The van der Waals surface area contributed by atoms with Crippen LogP contribution in [0.5, 0.6) is 0 Å². The third-order valence-electron chi connectivity index (χ3n) is 7.02. The van der Waals surface area contributed by atoms with Crippen LogP contribution in [-0.4, -0.2) is 67.0 Å². The van der Waals surface area contributed by atoms with Gasteiger partial charge in [-0.15, -0.1) is 0 Å². The number of rotatable bonds is 7. The van der Waals surface area contributed by atoms with Crippen LogP contribution < -0.4 is 10.6 Å². The van der Waals surface area contributed by atoms with Crippen molar-refractivity contribution in [2.24, 2.45) is 11.8 Å². The van der Waals surface area contributed by atoms with E-state index >= 15 is 0 Å². The predicted molar refractivity (Wildman–Crippen MR) is 117 cm³/mol. The second-order valence-corrected chi connectivity index (χ2v) is 9.67.